The van der Waals surface area contributed by atoms with E-state index in [1.165, 1.54) is 5.69 Å². The normalized spacial score (nSPS) is 11.0. The van der Waals surface area contributed by atoms with E-state index in [0.29, 0.717) is 18.1 Å². The van der Waals surface area contributed by atoms with E-state index in [2.05, 4.69) is 31.1 Å². The van der Waals surface area contributed by atoms with Crippen LogP contribution in [0.4, 0.5) is 0 Å². The zero-order chi connectivity index (χ0) is 13.1. The molecule has 0 saturated heterocycles. The summed E-state index contributed by atoms with van der Waals surface area (Å²) in [5.41, 5.74) is 1.23. The van der Waals surface area contributed by atoms with Crippen LogP contribution in [0.2, 0.25) is 0 Å². The van der Waals surface area contributed by atoms with E-state index < -0.39 is 0 Å². The Morgan fingerprint density at radius 2 is 2.26 bits per heavy atom. The Bertz CT molecular complexity index is 638. The third-order valence-electron chi connectivity index (χ3n) is 2.92. The maximum absolute atomic E-state index is 5.24. The van der Waals surface area contributed by atoms with Gasteiger partial charge in [-0.25, -0.2) is 4.98 Å². The van der Waals surface area contributed by atoms with Crippen molar-refractivity contribution in [2.24, 2.45) is 7.05 Å². The van der Waals surface area contributed by atoms with Crippen molar-refractivity contribution >= 4 is 0 Å². The lowest BCUT2D eigenvalue weighted by molar-refractivity contribution is 0.577. The highest BCUT2D eigenvalue weighted by Crippen LogP contribution is 2.14. The van der Waals surface area contributed by atoms with Crippen LogP contribution in [0.5, 0.6) is 0 Å². The fourth-order valence-electron chi connectivity index (χ4n) is 1.88. The summed E-state index contributed by atoms with van der Waals surface area (Å²) in [6.45, 7) is 1.43. The molecular formula is C13H15N5O. The molecule has 2 N–H and O–H groups in total. The zero-order valence-corrected chi connectivity index (χ0v) is 10.6. The molecule has 0 fully saturated rings. The second-order valence-corrected chi connectivity index (χ2v) is 4.30. The van der Waals surface area contributed by atoms with Crippen LogP contribution in [0.25, 0.3) is 11.6 Å². The lowest BCUT2D eigenvalue weighted by atomic mass is 10.4. The number of H-pyrrole nitrogens is 1. The highest BCUT2D eigenvalue weighted by molar-refractivity contribution is 5.45. The number of nitrogens with zero attached hydrogens (tertiary/aromatic N) is 3. The predicted molar refractivity (Wildman–Crippen MR) is 70.0 cm³/mol. The van der Waals surface area contributed by atoms with Crippen LogP contribution in [0.15, 0.2) is 41.1 Å². The monoisotopic (exact) mass is 257 g/mol. The van der Waals surface area contributed by atoms with Gasteiger partial charge in [0.25, 0.3) is 0 Å². The molecule has 0 amide bonds. The van der Waals surface area contributed by atoms with Crippen LogP contribution in [0, 0.1) is 0 Å². The number of aromatic amines is 1. The first kappa shape index (κ1) is 11.7. The molecule has 0 aliphatic rings. The first-order valence-corrected chi connectivity index (χ1v) is 6.09. The number of hydrogen-bond donors (Lipinski definition) is 2. The number of aryl methyl sites for hydroxylation is 1. The molecule has 0 aliphatic heterocycles. The fraction of sp³-hybridized carbons (Fsp3) is 0.231. The third kappa shape index (κ3) is 2.58. The smallest absolute Gasteiger partial charge is 0.216 e. The predicted octanol–water partition coefficient (Wildman–Crippen LogP) is 1.69. The van der Waals surface area contributed by atoms with Crippen molar-refractivity contribution in [1.29, 1.82) is 0 Å². The van der Waals surface area contributed by atoms with Crippen LogP contribution < -0.4 is 5.32 Å². The molecule has 0 aromatic carbocycles. The molecule has 3 aromatic rings. The molecule has 0 bridgehead atoms. The molecule has 0 radical (unpaired) electrons. The molecule has 3 rings (SSSR count). The Kier molecular flexibility index (Phi) is 3.16. The van der Waals surface area contributed by atoms with Gasteiger partial charge in [0, 0.05) is 25.5 Å². The summed E-state index contributed by atoms with van der Waals surface area (Å²) in [4.78, 5) is 4.36. The summed E-state index contributed by atoms with van der Waals surface area (Å²) >= 11 is 0. The van der Waals surface area contributed by atoms with Crippen LogP contribution in [-0.2, 0) is 20.1 Å². The molecule has 0 unspecified atom stereocenters. The lowest BCUT2D eigenvalue weighted by Crippen LogP contribution is -2.15. The van der Waals surface area contributed by atoms with E-state index in [-0.39, 0.29) is 0 Å². The van der Waals surface area contributed by atoms with Crippen LogP contribution >= 0.6 is 0 Å². The average molecular weight is 257 g/mol. The number of hydrogen-bond acceptors (Lipinski definition) is 4. The maximum atomic E-state index is 5.24. The van der Waals surface area contributed by atoms with Crippen molar-refractivity contribution in [1.82, 2.24) is 25.1 Å². The zero-order valence-electron chi connectivity index (χ0n) is 10.6. The molecule has 3 aromatic heterocycles. The first-order valence-electron chi connectivity index (χ1n) is 6.09. The van der Waals surface area contributed by atoms with Crippen molar-refractivity contribution in [3.8, 4) is 11.6 Å². The minimum absolute atomic E-state index is 0.584. The average Bonchev–Trinajstić information content (AvgIpc) is 3.11. The van der Waals surface area contributed by atoms with Gasteiger partial charge in [0.15, 0.2) is 5.76 Å². The molecule has 98 valence electrons. The van der Waals surface area contributed by atoms with Gasteiger partial charge < -0.3 is 14.3 Å². The van der Waals surface area contributed by atoms with Gasteiger partial charge in [0.05, 0.1) is 12.8 Å². The topological polar surface area (TPSA) is 71.7 Å². The van der Waals surface area contributed by atoms with Crippen LogP contribution in [0.1, 0.15) is 11.5 Å². The Hall–Kier alpha value is -2.34. The lowest BCUT2D eigenvalue weighted by Gasteiger charge is -2.03. The van der Waals surface area contributed by atoms with Gasteiger partial charge in [0.2, 0.25) is 5.82 Å². The van der Waals surface area contributed by atoms with Gasteiger partial charge in [-0.3, -0.25) is 5.10 Å². The second-order valence-electron chi connectivity index (χ2n) is 4.30. The van der Waals surface area contributed by atoms with E-state index in [4.69, 9.17) is 4.42 Å². The molecule has 0 atom stereocenters. The molecule has 6 heteroatoms. The Balaban J connectivity index is 1.58. The number of rotatable bonds is 5. The highest BCUT2D eigenvalue weighted by Gasteiger charge is 2.07. The summed E-state index contributed by atoms with van der Waals surface area (Å²) in [6, 6.07) is 7.77. The second kappa shape index (κ2) is 5.11. The quantitative estimate of drug-likeness (QED) is 0.729. The maximum Gasteiger partial charge on any atom is 0.216 e. The van der Waals surface area contributed by atoms with Gasteiger partial charge in [-0.2, -0.15) is 0 Å². The van der Waals surface area contributed by atoms with Gasteiger partial charge in [-0.1, -0.05) is 0 Å². The van der Waals surface area contributed by atoms with E-state index in [9.17, 15) is 0 Å². The largest absolute Gasteiger partial charge is 0.461 e. The molecule has 0 spiro atoms. The van der Waals surface area contributed by atoms with E-state index in [1.807, 2.05) is 31.4 Å². The minimum Gasteiger partial charge on any atom is -0.461 e. The standard InChI is InChI=1S/C13H15N5O/c1-18-6-2-4-10(18)8-14-9-12-15-13(17-16-12)11-5-3-7-19-11/h2-7,14H,8-9H2,1H3,(H,15,16,17). The van der Waals surface area contributed by atoms with Gasteiger partial charge in [-0.05, 0) is 24.3 Å². The van der Waals surface area contributed by atoms with Crippen molar-refractivity contribution in [3.63, 3.8) is 0 Å². The number of furan rings is 1. The van der Waals surface area contributed by atoms with Gasteiger partial charge in [-0.15, -0.1) is 5.10 Å². The van der Waals surface area contributed by atoms with Crippen molar-refractivity contribution in [2.75, 3.05) is 0 Å². The van der Waals surface area contributed by atoms with E-state index in [1.54, 1.807) is 6.26 Å². The SMILES string of the molecule is Cn1cccc1CNCc1nc(-c2ccco2)n[nH]1. The summed E-state index contributed by atoms with van der Waals surface area (Å²) in [5, 5.41) is 10.3. The number of nitrogens with one attached hydrogen (secondary N) is 2. The van der Waals surface area contributed by atoms with Gasteiger partial charge in [0.1, 0.15) is 5.82 Å². The Morgan fingerprint density at radius 3 is 3.00 bits per heavy atom. The first-order chi connectivity index (χ1) is 9.33. The molecular weight excluding hydrogens is 242 g/mol. The van der Waals surface area contributed by atoms with E-state index in [0.717, 1.165) is 12.4 Å². The Labute approximate surface area is 110 Å². The number of aromatic nitrogens is 4. The molecule has 0 aliphatic carbocycles. The van der Waals surface area contributed by atoms with Crippen molar-refractivity contribution in [3.05, 3.63) is 48.2 Å². The van der Waals surface area contributed by atoms with Crippen LogP contribution in [-0.4, -0.2) is 19.7 Å². The third-order valence-corrected chi connectivity index (χ3v) is 2.92. The van der Waals surface area contributed by atoms with Crippen molar-refractivity contribution in [2.45, 2.75) is 13.1 Å². The summed E-state index contributed by atoms with van der Waals surface area (Å²) < 4.78 is 7.33. The highest BCUT2D eigenvalue weighted by atomic mass is 16.3. The molecule has 0 saturated carbocycles. The van der Waals surface area contributed by atoms with Gasteiger partial charge >= 0.3 is 0 Å². The minimum atomic E-state index is 0.584. The summed E-state index contributed by atoms with van der Waals surface area (Å²) in [7, 11) is 2.03. The Morgan fingerprint density at radius 1 is 1.32 bits per heavy atom. The molecule has 3 heterocycles. The molecule has 19 heavy (non-hydrogen) atoms. The fourth-order valence-corrected chi connectivity index (χ4v) is 1.88. The summed E-state index contributed by atoms with van der Waals surface area (Å²) in [5.74, 6) is 2.05. The summed E-state index contributed by atoms with van der Waals surface area (Å²) in [6.07, 6.45) is 3.64. The van der Waals surface area contributed by atoms with Crippen LogP contribution in [0.3, 0.4) is 0 Å². The van der Waals surface area contributed by atoms with Crippen molar-refractivity contribution < 1.29 is 4.42 Å². The van der Waals surface area contributed by atoms with E-state index >= 15 is 0 Å². The molecule has 6 nitrogen and oxygen atoms in total.